The number of aliphatic carboxylic acids is 1. The molecule has 0 unspecified atom stereocenters. The van der Waals surface area contributed by atoms with Crippen LogP contribution in [-0.2, 0) is 9.59 Å². The number of carboxylic acid groups (broad SMARTS) is 1. The molecule has 1 atom stereocenters. The van der Waals surface area contributed by atoms with Gasteiger partial charge in [-0.05, 0) is 32.7 Å². The normalized spacial score (nSPS) is 16.5. The number of hydrogen-bond donors (Lipinski definition) is 3. The SMILES string of the molecule is CCCC(=O)[C@H](CCCCNC(=O)N1CCN(CC(=O)O)CC1)NC. The highest BCUT2D eigenvalue weighted by Crippen LogP contribution is 2.06. The van der Waals surface area contributed by atoms with E-state index in [4.69, 9.17) is 5.11 Å². The lowest BCUT2D eigenvalue weighted by Crippen LogP contribution is -2.52. The first-order valence-corrected chi connectivity index (χ1v) is 9.14. The van der Waals surface area contributed by atoms with Crippen LogP contribution in [0.2, 0.25) is 0 Å². The van der Waals surface area contributed by atoms with E-state index in [-0.39, 0.29) is 24.4 Å². The number of nitrogens with zero attached hydrogens (tertiary/aromatic N) is 2. The molecule has 1 fully saturated rings. The second-order valence-electron chi connectivity index (χ2n) is 6.44. The summed E-state index contributed by atoms with van der Waals surface area (Å²) < 4.78 is 0. The van der Waals surface area contributed by atoms with Gasteiger partial charge in [-0.15, -0.1) is 0 Å². The van der Waals surface area contributed by atoms with Crippen LogP contribution in [0.25, 0.3) is 0 Å². The fourth-order valence-corrected chi connectivity index (χ4v) is 2.97. The van der Waals surface area contributed by atoms with E-state index < -0.39 is 5.97 Å². The van der Waals surface area contributed by atoms with Crippen LogP contribution in [0, 0.1) is 0 Å². The van der Waals surface area contributed by atoms with Crippen molar-refractivity contribution in [2.24, 2.45) is 0 Å². The molecular weight excluding hydrogens is 324 g/mol. The van der Waals surface area contributed by atoms with Gasteiger partial charge in [0.2, 0.25) is 0 Å². The summed E-state index contributed by atoms with van der Waals surface area (Å²) in [4.78, 5) is 38.2. The Kier molecular flexibility index (Phi) is 10.1. The zero-order chi connectivity index (χ0) is 18.7. The number of urea groups is 1. The van der Waals surface area contributed by atoms with Gasteiger partial charge in [-0.1, -0.05) is 6.92 Å². The van der Waals surface area contributed by atoms with Crippen LogP contribution in [0.15, 0.2) is 0 Å². The van der Waals surface area contributed by atoms with Gasteiger partial charge in [0.1, 0.15) is 5.78 Å². The summed E-state index contributed by atoms with van der Waals surface area (Å²) in [5.41, 5.74) is 0. The van der Waals surface area contributed by atoms with Crippen molar-refractivity contribution in [2.75, 3.05) is 46.3 Å². The number of ketones is 1. The third-order valence-corrected chi connectivity index (χ3v) is 4.45. The molecule has 0 aliphatic carbocycles. The molecule has 144 valence electrons. The summed E-state index contributed by atoms with van der Waals surface area (Å²) in [5, 5.41) is 14.7. The third kappa shape index (κ3) is 8.31. The second-order valence-corrected chi connectivity index (χ2v) is 6.44. The van der Waals surface area contributed by atoms with Gasteiger partial charge < -0.3 is 20.6 Å². The fraction of sp³-hybridized carbons (Fsp3) is 0.824. The van der Waals surface area contributed by atoms with Crippen LogP contribution in [-0.4, -0.2) is 85.0 Å². The van der Waals surface area contributed by atoms with Crippen LogP contribution in [0.4, 0.5) is 4.79 Å². The highest BCUT2D eigenvalue weighted by molar-refractivity contribution is 5.83. The molecule has 0 spiro atoms. The number of nitrogens with one attached hydrogen (secondary N) is 2. The predicted octanol–water partition coefficient (Wildman–Crippen LogP) is 0.526. The van der Waals surface area contributed by atoms with Gasteiger partial charge in [-0.25, -0.2) is 4.79 Å². The molecule has 0 radical (unpaired) electrons. The number of carbonyl (C=O) groups excluding carboxylic acids is 2. The van der Waals surface area contributed by atoms with E-state index in [1.165, 1.54) is 0 Å². The van der Waals surface area contributed by atoms with Crippen molar-refractivity contribution in [2.45, 2.75) is 45.1 Å². The number of piperazine rings is 1. The molecule has 1 aliphatic rings. The minimum Gasteiger partial charge on any atom is -0.480 e. The molecule has 2 amide bonds. The molecule has 25 heavy (non-hydrogen) atoms. The number of unbranched alkanes of at least 4 members (excludes halogenated alkanes) is 1. The minimum atomic E-state index is -0.838. The van der Waals surface area contributed by atoms with Crippen molar-refractivity contribution >= 4 is 17.8 Å². The smallest absolute Gasteiger partial charge is 0.317 e. The lowest BCUT2D eigenvalue weighted by atomic mass is 10.0. The molecule has 0 aromatic rings. The third-order valence-electron chi connectivity index (χ3n) is 4.45. The molecule has 0 bridgehead atoms. The van der Waals surface area contributed by atoms with E-state index in [2.05, 4.69) is 10.6 Å². The molecule has 8 heteroatoms. The zero-order valence-corrected chi connectivity index (χ0v) is 15.4. The largest absolute Gasteiger partial charge is 0.480 e. The van der Waals surface area contributed by atoms with Crippen LogP contribution in [0.1, 0.15) is 39.0 Å². The van der Waals surface area contributed by atoms with Crippen LogP contribution >= 0.6 is 0 Å². The number of rotatable bonds is 11. The predicted molar refractivity (Wildman–Crippen MR) is 95.7 cm³/mol. The quantitative estimate of drug-likeness (QED) is 0.467. The first kappa shape index (κ1) is 21.4. The van der Waals surface area contributed by atoms with Crippen molar-refractivity contribution in [1.29, 1.82) is 0 Å². The standard InChI is InChI=1S/C17H32N4O4/c1-3-6-15(22)14(18-2)7-4-5-8-19-17(25)21-11-9-20(10-12-21)13-16(23)24/h14,18H,3-13H2,1-2H3,(H,19,25)(H,23,24)/t14-/m0/s1. The van der Waals surface area contributed by atoms with Gasteiger partial charge in [0.05, 0.1) is 12.6 Å². The fourth-order valence-electron chi connectivity index (χ4n) is 2.97. The molecular formula is C17H32N4O4. The van der Waals surface area contributed by atoms with E-state index in [1.54, 1.807) is 4.90 Å². The molecule has 0 aromatic heterocycles. The van der Waals surface area contributed by atoms with Crippen LogP contribution in [0.3, 0.4) is 0 Å². The van der Waals surface area contributed by atoms with Crippen molar-refractivity contribution in [3.8, 4) is 0 Å². The highest BCUT2D eigenvalue weighted by Gasteiger charge is 2.22. The van der Waals surface area contributed by atoms with Crippen molar-refractivity contribution < 1.29 is 19.5 Å². The Hall–Kier alpha value is -1.67. The molecule has 0 saturated carbocycles. The molecule has 8 nitrogen and oxygen atoms in total. The Morgan fingerprint density at radius 3 is 2.36 bits per heavy atom. The summed E-state index contributed by atoms with van der Waals surface area (Å²) in [6.07, 6.45) is 3.98. The average molecular weight is 356 g/mol. The monoisotopic (exact) mass is 356 g/mol. The van der Waals surface area contributed by atoms with Gasteiger partial charge in [-0.2, -0.15) is 0 Å². The summed E-state index contributed by atoms with van der Waals surface area (Å²) in [7, 11) is 1.81. The molecule has 1 heterocycles. The number of Topliss-reactive ketones (excluding diaryl/α,β-unsaturated/α-hetero) is 1. The van der Waals surface area contributed by atoms with Crippen molar-refractivity contribution in [3.63, 3.8) is 0 Å². The summed E-state index contributed by atoms with van der Waals surface area (Å²) in [6.45, 7) is 4.89. The maximum atomic E-state index is 12.1. The first-order chi connectivity index (χ1) is 12.0. The number of carboxylic acids is 1. The Morgan fingerprint density at radius 1 is 1.12 bits per heavy atom. The number of carbonyl (C=O) groups is 3. The van der Waals surface area contributed by atoms with E-state index in [1.807, 2.05) is 18.9 Å². The minimum absolute atomic E-state index is 0.0266. The molecule has 1 aliphatic heterocycles. The molecule has 1 saturated heterocycles. The van der Waals surface area contributed by atoms with E-state index >= 15 is 0 Å². The van der Waals surface area contributed by atoms with E-state index in [9.17, 15) is 14.4 Å². The van der Waals surface area contributed by atoms with Crippen LogP contribution in [0.5, 0.6) is 0 Å². The maximum absolute atomic E-state index is 12.1. The second kappa shape index (κ2) is 11.8. The van der Waals surface area contributed by atoms with E-state index in [0.717, 1.165) is 25.7 Å². The van der Waals surface area contributed by atoms with Crippen molar-refractivity contribution in [1.82, 2.24) is 20.4 Å². The lowest BCUT2D eigenvalue weighted by molar-refractivity contribution is -0.138. The van der Waals surface area contributed by atoms with Gasteiger partial charge in [0.15, 0.2) is 0 Å². The number of likely N-dealkylation sites (N-methyl/N-ethyl adjacent to an activating group) is 1. The van der Waals surface area contributed by atoms with Gasteiger partial charge in [0, 0.05) is 39.1 Å². The zero-order valence-electron chi connectivity index (χ0n) is 15.4. The number of hydrogen-bond acceptors (Lipinski definition) is 5. The Labute approximate surface area is 149 Å². The Bertz CT molecular complexity index is 436. The van der Waals surface area contributed by atoms with Gasteiger partial charge in [0.25, 0.3) is 0 Å². The summed E-state index contributed by atoms with van der Waals surface area (Å²) >= 11 is 0. The molecule has 3 N–H and O–H groups in total. The van der Waals surface area contributed by atoms with E-state index in [0.29, 0.717) is 39.1 Å². The van der Waals surface area contributed by atoms with Gasteiger partial charge in [-0.3, -0.25) is 14.5 Å². The molecule has 1 rings (SSSR count). The summed E-state index contributed by atoms with van der Waals surface area (Å²) in [5.74, 6) is -0.580. The topological polar surface area (TPSA) is 102 Å². The highest BCUT2D eigenvalue weighted by atomic mass is 16.4. The van der Waals surface area contributed by atoms with Crippen LogP contribution < -0.4 is 10.6 Å². The molecule has 0 aromatic carbocycles. The number of amides is 2. The lowest BCUT2D eigenvalue weighted by Gasteiger charge is -2.33. The maximum Gasteiger partial charge on any atom is 0.317 e. The average Bonchev–Trinajstić information content (AvgIpc) is 2.58. The Morgan fingerprint density at radius 2 is 1.80 bits per heavy atom. The summed E-state index contributed by atoms with van der Waals surface area (Å²) in [6, 6.07) is -0.180. The van der Waals surface area contributed by atoms with Gasteiger partial charge >= 0.3 is 12.0 Å². The van der Waals surface area contributed by atoms with Crippen molar-refractivity contribution in [3.05, 3.63) is 0 Å². The Balaban J connectivity index is 2.15. The first-order valence-electron chi connectivity index (χ1n) is 9.14.